The smallest absolute Gasteiger partial charge is 0.254 e. The average Bonchev–Trinajstić information content (AvgIpc) is 2.62. The molecule has 0 aliphatic rings. The van der Waals surface area contributed by atoms with Gasteiger partial charge in [0.25, 0.3) is 5.91 Å². The molecule has 0 saturated heterocycles. The Balaban J connectivity index is 2.52. The van der Waals surface area contributed by atoms with Gasteiger partial charge in [-0.3, -0.25) is 9.48 Å². The Morgan fingerprint density at radius 3 is 2.86 bits per heavy atom. The summed E-state index contributed by atoms with van der Waals surface area (Å²) in [5, 5.41) is 6.88. The number of carbonyl (C=O) groups is 1. The van der Waals surface area contributed by atoms with Crippen molar-refractivity contribution in [2.45, 2.75) is 27.3 Å². The number of aryl methyl sites for hydroxylation is 1. The molecule has 4 heteroatoms. The van der Waals surface area contributed by atoms with Gasteiger partial charge >= 0.3 is 0 Å². The van der Waals surface area contributed by atoms with Crippen LogP contribution < -0.4 is 5.32 Å². The van der Waals surface area contributed by atoms with Crippen LogP contribution in [-0.4, -0.2) is 22.2 Å². The molecule has 0 aliphatic heterocycles. The zero-order valence-corrected chi connectivity index (χ0v) is 8.95. The molecule has 0 atom stereocenters. The van der Waals surface area contributed by atoms with E-state index in [2.05, 4.69) is 24.3 Å². The van der Waals surface area contributed by atoms with E-state index in [0.29, 0.717) is 18.0 Å². The third-order valence-corrected chi connectivity index (χ3v) is 1.89. The lowest BCUT2D eigenvalue weighted by Gasteiger charge is -2.05. The van der Waals surface area contributed by atoms with Crippen LogP contribution in [-0.2, 0) is 6.54 Å². The number of nitrogens with zero attached hydrogens (tertiary/aromatic N) is 2. The standard InChI is InChI=1S/C10H17N3O/c1-4-13-7-9(6-12-13)10(14)11-5-8(2)3/h6-8H,4-5H2,1-3H3,(H,11,14). The Hall–Kier alpha value is -1.32. The molecule has 0 radical (unpaired) electrons. The zero-order valence-electron chi connectivity index (χ0n) is 8.95. The summed E-state index contributed by atoms with van der Waals surface area (Å²) in [5.74, 6) is 0.429. The van der Waals surface area contributed by atoms with Gasteiger partial charge in [0.15, 0.2) is 0 Å². The SMILES string of the molecule is CCn1cc(C(=O)NCC(C)C)cn1. The maximum atomic E-state index is 11.5. The molecular formula is C10H17N3O. The van der Waals surface area contributed by atoms with Crippen molar-refractivity contribution in [2.24, 2.45) is 5.92 Å². The van der Waals surface area contributed by atoms with Crippen molar-refractivity contribution in [3.63, 3.8) is 0 Å². The van der Waals surface area contributed by atoms with Crippen LogP contribution in [0.25, 0.3) is 0 Å². The molecule has 0 aromatic carbocycles. The van der Waals surface area contributed by atoms with E-state index in [9.17, 15) is 4.79 Å². The van der Waals surface area contributed by atoms with Crippen LogP contribution in [0.4, 0.5) is 0 Å². The third-order valence-electron chi connectivity index (χ3n) is 1.89. The molecule has 1 aromatic rings. The van der Waals surface area contributed by atoms with E-state index in [1.54, 1.807) is 17.1 Å². The van der Waals surface area contributed by atoms with Crippen molar-refractivity contribution in [1.82, 2.24) is 15.1 Å². The first-order valence-electron chi connectivity index (χ1n) is 4.94. The van der Waals surface area contributed by atoms with Gasteiger partial charge in [-0.1, -0.05) is 13.8 Å². The van der Waals surface area contributed by atoms with Crippen LogP contribution in [0.1, 0.15) is 31.1 Å². The third kappa shape index (κ3) is 2.87. The summed E-state index contributed by atoms with van der Waals surface area (Å²) in [6, 6.07) is 0. The highest BCUT2D eigenvalue weighted by molar-refractivity contribution is 5.93. The van der Waals surface area contributed by atoms with Crippen LogP contribution in [0.5, 0.6) is 0 Å². The zero-order chi connectivity index (χ0) is 10.6. The van der Waals surface area contributed by atoms with Crippen LogP contribution in [0.15, 0.2) is 12.4 Å². The van der Waals surface area contributed by atoms with Gasteiger partial charge in [-0.2, -0.15) is 5.10 Å². The number of hydrogen-bond donors (Lipinski definition) is 1. The van der Waals surface area contributed by atoms with E-state index in [1.807, 2.05) is 6.92 Å². The predicted molar refractivity (Wildman–Crippen MR) is 55.1 cm³/mol. The van der Waals surface area contributed by atoms with Gasteiger partial charge in [-0.25, -0.2) is 0 Å². The van der Waals surface area contributed by atoms with Crippen molar-refractivity contribution in [2.75, 3.05) is 6.54 Å². The Kier molecular flexibility index (Phi) is 3.68. The number of carbonyl (C=O) groups excluding carboxylic acids is 1. The van der Waals surface area contributed by atoms with Gasteiger partial charge in [0.05, 0.1) is 11.8 Å². The van der Waals surface area contributed by atoms with E-state index < -0.39 is 0 Å². The maximum absolute atomic E-state index is 11.5. The number of rotatable bonds is 4. The molecule has 1 aromatic heterocycles. The van der Waals surface area contributed by atoms with Crippen molar-refractivity contribution >= 4 is 5.91 Å². The number of amides is 1. The number of aromatic nitrogens is 2. The van der Waals surface area contributed by atoms with Gasteiger partial charge in [0, 0.05) is 19.3 Å². The molecule has 0 aliphatic carbocycles. The minimum atomic E-state index is -0.0431. The fourth-order valence-electron chi connectivity index (χ4n) is 1.05. The van der Waals surface area contributed by atoms with Gasteiger partial charge in [0.2, 0.25) is 0 Å². The topological polar surface area (TPSA) is 46.9 Å². The lowest BCUT2D eigenvalue weighted by Crippen LogP contribution is -2.26. The van der Waals surface area contributed by atoms with E-state index in [1.165, 1.54) is 0 Å². The van der Waals surface area contributed by atoms with Crippen LogP contribution >= 0.6 is 0 Å². The average molecular weight is 195 g/mol. The van der Waals surface area contributed by atoms with Crippen LogP contribution in [0.2, 0.25) is 0 Å². The Bertz CT molecular complexity index is 304. The van der Waals surface area contributed by atoms with Crippen molar-refractivity contribution in [3.05, 3.63) is 18.0 Å². The highest BCUT2D eigenvalue weighted by Crippen LogP contribution is 1.98. The molecular weight excluding hydrogens is 178 g/mol. The summed E-state index contributed by atoms with van der Waals surface area (Å²) in [6.07, 6.45) is 3.36. The first kappa shape index (κ1) is 10.8. The van der Waals surface area contributed by atoms with Crippen molar-refractivity contribution in [3.8, 4) is 0 Å². The number of nitrogens with one attached hydrogen (secondary N) is 1. The summed E-state index contributed by atoms with van der Waals surface area (Å²) in [4.78, 5) is 11.5. The second-order valence-electron chi connectivity index (χ2n) is 3.69. The molecule has 0 bridgehead atoms. The molecule has 0 unspecified atom stereocenters. The molecule has 1 amide bonds. The quantitative estimate of drug-likeness (QED) is 0.787. The molecule has 1 heterocycles. The summed E-state index contributed by atoms with van der Waals surface area (Å²) < 4.78 is 1.74. The second kappa shape index (κ2) is 4.79. The lowest BCUT2D eigenvalue weighted by molar-refractivity contribution is 0.0949. The molecule has 0 saturated carbocycles. The molecule has 0 spiro atoms. The summed E-state index contributed by atoms with van der Waals surface area (Å²) in [7, 11) is 0. The Morgan fingerprint density at radius 2 is 2.36 bits per heavy atom. The van der Waals surface area contributed by atoms with Gasteiger partial charge in [-0.15, -0.1) is 0 Å². The highest BCUT2D eigenvalue weighted by Gasteiger charge is 2.07. The Labute approximate surface area is 84.3 Å². The highest BCUT2D eigenvalue weighted by atomic mass is 16.1. The first-order chi connectivity index (χ1) is 6.63. The van der Waals surface area contributed by atoms with E-state index in [-0.39, 0.29) is 5.91 Å². The van der Waals surface area contributed by atoms with Gasteiger partial charge in [0.1, 0.15) is 0 Å². The van der Waals surface area contributed by atoms with Crippen LogP contribution in [0.3, 0.4) is 0 Å². The molecule has 1 rings (SSSR count). The maximum Gasteiger partial charge on any atom is 0.254 e. The first-order valence-corrected chi connectivity index (χ1v) is 4.94. The molecule has 4 nitrogen and oxygen atoms in total. The minimum Gasteiger partial charge on any atom is -0.352 e. The van der Waals surface area contributed by atoms with E-state index in [4.69, 9.17) is 0 Å². The Morgan fingerprint density at radius 1 is 1.64 bits per heavy atom. The van der Waals surface area contributed by atoms with Crippen molar-refractivity contribution < 1.29 is 4.79 Å². The summed E-state index contributed by atoms with van der Waals surface area (Å²) >= 11 is 0. The monoisotopic (exact) mass is 195 g/mol. The lowest BCUT2D eigenvalue weighted by atomic mass is 10.2. The molecule has 78 valence electrons. The summed E-state index contributed by atoms with van der Waals surface area (Å²) in [5.41, 5.74) is 0.632. The summed E-state index contributed by atoms with van der Waals surface area (Å²) in [6.45, 7) is 7.61. The fourth-order valence-corrected chi connectivity index (χ4v) is 1.05. The normalized spacial score (nSPS) is 10.6. The van der Waals surface area contributed by atoms with Crippen LogP contribution in [0, 0.1) is 5.92 Å². The molecule has 14 heavy (non-hydrogen) atoms. The fraction of sp³-hybridized carbons (Fsp3) is 0.600. The molecule has 0 fully saturated rings. The predicted octanol–water partition coefficient (Wildman–Crippen LogP) is 1.29. The largest absolute Gasteiger partial charge is 0.352 e. The second-order valence-corrected chi connectivity index (χ2v) is 3.69. The van der Waals surface area contributed by atoms with Gasteiger partial charge in [-0.05, 0) is 12.8 Å². The van der Waals surface area contributed by atoms with Crippen molar-refractivity contribution in [1.29, 1.82) is 0 Å². The number of hydrogen-bond acceptors (Lipinski definition) is 2. The van der Waals surface area contributed by atoms with E-state index in [0.717, 1.165) is 6.54 Å². The van der Waals surface area contributed by atoms with E-state index >= 15 is 0 Å². The minimum absolute atomic E-state index is 0.0431. The van der Waals surface area contributed by atoms with Gasteiger partial charge < -0.3 is 5.32 Å². The molecule has 1 N–H and O–H groups in total.